The summed E-state index contributed by atoms with van der Waals surface area (Å²) in [4.78, 5) is 35.5. The minimum Gasteiger partial charge on any atom is -0.478 e. The molecule has 0 saturated carbocycles. The molecule has 0 aliphatic carbocycles. The zero-order chi connectivity index (χ0) is 20.7. The van der Waals surface area contributed by atoms with Crippen LogP contribution in [0.5, 0.6) is 0 Å². The van der Waals surface area contributed by atoms with E-state index in [4.69, 9.17) is 5.11 Å². The van der Waals surface area contributed by atoms with Gasteiger partial charge in [0.15, 0.2) is 0 Å². The highest BCUT2D eigenvalue weighted by molar-refractivity contribution is 8.00. The fourth-order valence-electron chi connectivity index (χ4n) is 2.47. The van der Waals surface area contributed by atoms with Crippen LogP contribution in [0.3, 0.4) is 0 Å². The molecule has 0 saturated heterocycles. The number of anilines is 2. The van der Waals surface area contributed by atoms with Crippen LogP contribution in [0.1, 0.15) is 18.1 Å². The van der Waals surface area contributed by atoms with Crippen LogP contribution in [0, 0.1) is 13.8 Å². The van der Waals surface area contributed by atoms with Gasteiger partial charge in [-0.2, -0.15) is 0 Å². The lowest BCUT2D eigenvalue weighted by Crippen LogP contribution is -2.23. The van der Waals surface area contributed by atoms with Crippen LogP contribution in [0.15, 0.2) is 59.5 Å². The van der Waals surface area contributed by atoms with E-state index in [0.29, 0.717) is 5.69 Å². The number of para-hydroxylation sites is 1. The highest BCUT2D eigenvalue weighted by Crippen LogP contribution is 2.27. The van der Waals surface area contributed by atoms with Gasteiger partial charge < -0.3 is 15.7 Å². The largest absolute Gasteiger partial charge is 0.478 e. The lowest BCUT2D eigenvalue weighted by Gasteiger charge is -2.15. The highest BCUT2D eigenvalue weighted by Gasteiger charge is 2.16. The Morgan fingerprint density at radius 3 is 2.29 bits per heavy atom. The third-order valence-electron chi connectivity index (χ3n) is 3.89. The Morgan fingerprint density at radius 2 is 1.64 bits per heavy atom. The SMILES string of the molecule is Cc1cccc(C)c1NC(=O)C(C)Sc1cccc(NC(=O)/C=C/C(=O)O)c1. The summed E-state index contributed by atoms with van der Waals surface area (Å²) < 4.78 is 0. The molecular weight excluding hydrogens is 376 g/mol. The Balaban J connectivity index is 2.01. The summed E-state index contributed by atoms with van der Waals surface area (Å²) in [5.74, 6) is -1.84. The third-order valence-corrected chi connectivity index (χ3v) is 4.98. The molecule has 1 unspecified atom stereocenters. The quantitative estimate of drug-likeness (QED) is 0.484. The molecule has 1 atom stereocenters. The summed E-state index contributed by atoms with van der Waals surface area (Å²) in [6, 6.07) is 12.9. The maximum Gasteiger partial charge on any atom is 0.328 e. The molecule has 2 aromatic rings. The van der Waals surface area contributed by atoms with Crippen LogP contribution in [0.25, 0.3) is 0 Å². The maximum atomic E-state index is 12.6. The number of carbonyl (C=O) groups excluding carboxylic acids is 2. The number of hydrogen-bond donors (Lipinski definition) is 3. The smallest absolute Gasteiger partial charge is 0.328 e. The molecule has 2 amide bonds. The Kier molecular flexibility index (Phi) is 7.40. The van der Waals surface area contributed by atoms with Crippen molar-refractivity contribution in [1.82, 2.24) is 0 Å². The van der Waals surface area contributed by atoms with E-state index in [9.17, 15) is 14.4 Å². The van der Waals surface area contributed by atoms with E-state index in [1.165, 1.54) is 11.8 Å². The minimum absolute atomic E-state index is 0.110. The Morgan fingerprint density at radius 1 is 1.00 bits per heavy atom. The first kappa shape index (κ1) is 21.2. The molecule has 2 aromatic carbocycles. The van der Waals surface area contributed by atoms with Gasteiger partial charge >= 0.3 is 5.97 Å². The molecule has 0 heterocycles. The summed E-state index contributed by atoms with van der Waals surface area (Å²) in [5.41, 5.74) is 3.35. The zero-order valence-electron chi connectivity index (χ0n) is 15.9. The Bertz CT molecular complexity index is 904. The first-order valence-electron chi connectivity index (χ1n) is 8.62. The van der Waals surface area contributed by atoms with Gasteiger partial charge in [-0.15, -0.1) is 11.8 Å². The second-order valence-electron chi connectivity index (χ2n) is 6.20. The van der Waals surface area contributed by atoms with Crippen LogP contribution in [-0.4, -0.2) is 28.1 Å². The number of aliphatic carboxylic acids is 1. The van der Waals surface area contributed by atoms with Crippen molar-refractivity contribution < 1.29 is 19.5 Å². The predicted molar refractivity (Wildman–Crippen MR) is 112 cm³/mol. The molecular formula is C21H22N2O4S. The van der Waals surface area contributed by atoms with Crippen molar-refractivity contribution in [3.05, 3.63) is 65.7 Å². The van der Waals surface area contributed by atoms with Crippen molar-refractivity contribution in [3.63, 3.8) is 0 Å². The van der Waals surface area contributed by atoms with Crippen molar-refractivity contribution in [2.45, 2.75) is 30.9 Å². The van der Waals surface area contributed by atoms with E-state index >= 15 is 0 Å². The lowest BCUT2D eigenvalue weighted by atomic mass is 10.1. The van der Waals surface area contributed by atoms with Crippen molar-refractivity contribution in [1.29, 1.82) is 0 Å². The zero-order valence-corrected chi connectivity index (χ0v) is 16.7. The highest BCUT2D eigenvalue weighted by atomic mass is 32.2. The van der Waals surface area contributed by atoms with Gasteiger partial charge in [-0.05, 0) is 50.1 Å². The maximum absolute atomic E-state index is 12.6. The van der Waals surface area contributed by atoms with E-state index in [0.717, 1.165) is 33.9 Å². The average molecular weight is 398 g/mol. The molecule has 6 nitrogen and oxygen atoms in total. The molecule has 0 aromatic heterocycles. The van der Waals surface area contributed by atoms with Gasteiger partial charge in [0.05, 0.1) is 5.25 Å². The standard InChI is InChI=1S/C21H22N2O4S/c1-13-6-4-7-14(2)20(13)23-21(27)15(3)28-17-9-5-8-16(12-17)22-18(24)10-11-19(25)26/h4-12,15H,1-3H3,(H,22,24)(H,23,27)(H,25,26)/b11-10+. The molecule has 0 spiro atoms. The Hall–Kier alpha value is -3.06. The second-order valence-corrected chi connectivity index (χ2v) is 7.62. The third kappa shape index (κ3) is 6.28. The van der Waals surface area contributed by atoms with Crippen LogP contribution >= 0.6 is 11.8 Å². The number of thioether (sulfide) groups is 1. The molecule has 7 heteroatoms. The van der Waals surface area contributed by atoms with Gasteiger partial charge in [0, 0.05) is 28.4 Å². The normalized spacial score (nSPS) is 11.8. The summed E-state index contributed by atoms with van der Waals surface area (Å²) in [6.07, 6.45) is 1.72. The Labute approximate surface area is 168 Å². The van der Waals surface area contributed by atoms with Gasteiger partial charge in [-0.25, -0.2) is 4.79 Å². The van der Waals surface area contributed by atoms with Crippen molar-refractivity contribution in [2.24, 2.45) is 0 Å². The number of rotatable bonds is 7. The minimum atomic E-state index is -1.19. The number of carbonyl (C=O) groups is 3. The van der Waals surface area contributed by atoms with Crippen molar-refractivity contribution in [3.8, 4) is 0 Å². The lowest BCUT2D eigenvalue weighted by molar-refractivity contribution is -0.131. The number of aryl methyl sites for hydroxylation is 2. The summed E-state index contributed by atoms with van der Waals surface area (Å²) in [5, 5.41) is 13.8. The van der Waals surface area contributed by atoms with Gasteiger partial charge in [-0.3, -0.25) is 9.59 Å². The van der Waals surface area contributed by atoms with Crippen LogP contribution in [-0.2, 0) is 14.4 Å². The molecule has 0 aliphatic heterocycles. The summed E-state index contributed by atoms with van der Waals surface area (Å²) >= 11 is 1.37. The number of benzene rings is 2. The molecule has 2 rings (SSSR count). The number of hydrogen-bond acceptors (Lipinski definition) is 4. The number of carboxylic acid groups (broad SMARTS) is 1. The van der Waals surface area contributed by atoms with Crippen LogP contribution < -0.4 is 10.6 Å². The van der Waals surface area contributed by atoms with Gasteiger partial charge in [0.1, 0.15) is 0 Å². The van der Waals surface area contributed by atoms with E-state index in [1.807, 2.05) is 45.0 Å². The summed E-state index contributed by atoms with van der Waals surface area (Å²) in [6.45, 7) is 5.71. The molecule has 0 radical (unpaired) electrons. The number of carboxylic acids is 1. The van der Waals surface area contributed by atoms with E-state index in [-0.39, 0.29) is 11.2 Å². The molecule has 146 valence electrons. The van der Waals surface area contributed by atoms with E-state index < -0.39 is 11.9 Å². The van der Waals surface area contributed by atoms with Gasteiger partial charge in [-0.1, -0.05) is 24.3 Å². The molecule has 0 fully saturated rings. The summed E-state index contributed by atoms with van der Waals surface area (Å²) in [7, 11) is 0. The van der Waals surface area contributed by atoms with E-state index in [2.05, 4.69) is 10.6 Å². The second kappa shape index (κ2) is 9.75. The fraction of sp³-hybridized carbons (Fsp3) is 0.190. The number of nitrogens with one attached hydrogen (secondary N) is 2. The van der Waals surface area contributed by atoms with Crippen LogP contribution in [0.2, 0.25) is 0 Å². The molecule has 0 bridgehead atoms. The van der Waals surface area contributed by atoms with Gasteiger partial charge in [0.25, 0.3) is 0 Å². The average Bonchev–Trinajstić information content (AvgIpc) is 2.63. The van der Waals surface area contributed by atoms with Crippen LogP contribution in [0.4, 0.5) is 11.4 Å². The first-order valence-corrected chi connectivity index (χ1v) is 9.50. The van der Waals surface area contributed by atoms with Crippen molar-refractivity contribution in [2.75, 3.05) is 10.6 Å². The van der Waals surface area contributed by atoms with E-state index in [1.54, 1.807) is 18.2 Å². The molecule has 0 aliphatic rings. The molecule has 3 N–H and O–H groups in total. The monoisotopic (exact) mass is 398 g/mol. The number of amides is 2. The van der Waals surface area contributed by atoms with Crippen molar-refractivity contribution >= 4 is 40.9 Å². The first-order chi connectivity index (χ1) is 13.3. The predicted octanol–water partition coefficient (Wildman–Crippen LogP) is 4.00. The van der Waals surface area contributed by atoms with Gasteiger partial charge in [0.2, 0.25) is 11.8 Å². The topological polar surface area (TPSA) is 95.5 Å². The fourth-order valence-corrected chi connectivity index (χ4v) is 3.40. The molecule has 28 heavy (non-hydrogen) atoms.